The fraction of sp³-hybridized carbons (Fsp3) is 0.500. The van der Waals surface area contributed by atoms with E-state index in [1.807, 2.05) is 51.4 Å². The van der Waals surface area contributed by atoms with Gasteiger partial charge in [0.15, 0.2) is 5.96 Å². The zero-order chi connectivity index (χ0) is 19.4. The summed E-state index contributed by atoms with van der Waals surface area (Å²) in [6.07, 6.45) is 3.99. The Morgan fingerprint density at radius 2 is 2.07 bits per heavy atom. The van der Waals surface area contributed by atoms with Crippen molar-refractivity contribution >= 4 is 11.9 Å². The minimum Gasteiger partial charge on any atom is -0.351 e. The lowest BCUT2D eigenvalue weighted by molar-refractivity contribution is 0.458. The molecule has 0 aliphatic carbocycles. The highest BCUT2D eigenvalue weighted by molar-refractivity contribution is 5.80. The number of halogens is 1. The molecule has 1 atom stereocenters. The molecule has 146 valence electrons. The van der Waals surface area contributed by atoms with Crippen LogP contribution in [0.1, 0.15) is 17.7 Å². The molecule has 1 saturated heterocycles. The normalized spacial score (nSPS) is 17.4. The molecule has 1 N–H and O–H groups in total. The number of rotatable bonds is 5. The van der Waals surface area contributed by atoms with Crippen molar-refractivity contribution in [2.24, 2.45) is 18.0 Å². The highest BCUT2D eigenvalue weighted by Gasteiger charge is 2.25. The second kappa shape index (κ2) is 8.41. The number of likely N-dealkylation sites (tertiary alicyclic amines) is 1. The zero-order valence-corrected chi connectivity index (χ0v) is 16.6. The molecule has 6 nitrogen and oxygen atoms in total. The van der Waals surface area contributed by atoms with Gasteiger partial charge in [-0.15, -0.1) is 0 Å². The lowest BCUT2D eigenvalue weighted by Gasteiger charge is -2.22. The summed E-state index contributed by atoms with van der Waals surface area (Å²) in [7, 11) is 7.83. The van der Waals surface area contributed by atoms with Gasteiger partial charge in [0.2, 0.25) is 5.95 Å². The van der Waals surface area contributed by atoms with Gasteiger partial charge in [-0.1, -0.05) is 12.1 Å². The van der Waals surface area contributed by atoms with E-state index in [4.69, 9.17) is 0 Å². The van der Waals surface area contributed by atoms with Crippen LogP contribution in [-0.4, -0.2) is 54.6 Å². The number of guanidine groups is 1. The van der Waals surface area contributed by atoms with Crippen LogP contribution in [0.15, 0.2) is 35.5 Å². The number of nitrogens with one attached hydrogen (secondary N) is 1. The van der Waals surface area contributed by atoms with Crippen LogP contribution in [-0.2, 0) is 20.0 Å². The van der Waals surface area contributed by atoms with E-state index in [9.17, 15) is 4.39 Å². The van der Waals surface area contributed by atoms with Crippen LogP contribution >= 0.6 is 0 Å². The lowest BCUT2D eigenvalue weighted by Crippen LogP contribution is -2.40. The number of aromatic nitrogens is 2. The number of imidazole rings is 1. The van der Waals surface area contributed by atoms with Gasteiger partial charge in [0.25, 0.3) is 0 Å². The highest BCUT2D eigenvalue weighted by Crippen LogP contribution is 2.21. The van der Waals surface area contributed by atoms with E-state index in [0.717, 1.165) is 43.5 Å². The maximum atomic E-state index is 13.1. The third-order valence-electron chi connectivity index (χ3n) is 5.12. The summed E-state index contributed by atoms with van der Waals surface area (Å²) in [5.41, 5.74) is 2.30. The SMILES string of the molecule is CN=C(NCc1cnc(N(C)C)n1C)N1CCC(Cc2ccc(F)cc2)C1. The summed E-state index contributed by atoms with van der Waals surface area (Å²) >= 11 is 0. The largest absolute Gasteiger partial charge is 0.351 e. The molecule has 1 unspecified atom stereocenters. The number of anilines is 1. The summed E-state index contributed by atoms with van der Waals surface area (Å²) in [4.78, 5) is 13.2. The van der Waals surface area contributed by atoms with Crippen molar-refractivity contribution in [3.63, 3.8) is 0 Å². The van der Waals surface area contributed by atoms with Crippen molar-refractivity contribution in [3.05, 3.63) is 47.5 Å². The van der Waals surface area contributed by atoms with Crippen LogP contribution in [0, 0.1) is 11.7 Å². The second-order valence-electron chi connectivity index (χ2n) is 7.34. The maximum Gasteiger partial charge on any atom is 0.204 e. The van der Waals surface area contributed by atoms with Gasteiger partial charge < -0.3 is 19.7 Å². The molecule has 7 heteroatoms. The van der Waals surface area contributed by atoms with E-state index in [-0.39, 0.29) is 5.82 Å². The molecule has 2 heterocycles. The van der Waals surface area contributed by atoms with Crippen molar-refractivity contribution < 1.29 is 4.39 Å². The Morgan fingerprint density at radius 1 is 1.33 bits per heavy atom. The van der Waals surface area contributed by atoms with Gasteiger partial charge in [0.1, 0.15) is 5.82 Å². The van der Waals surface area contributed by atoms with Crippen molar-refractivity contribution in [2.45, 2.75) is 19.4 Å². The molecule has 1 fully saturated rings. The number of benzene rings is 1. The Kier molecular flexibility index (Phi) is 5.98. The first-order valence-electron chi connectivity index (χ1n) is 9.36. The van der Waals surface area contributed by atoms with Gasteiger partial charge in [-0.3, -0.25) is 4.99 Å². The van der Waals surface area contributed by atoms with Crippen molar-refractivity contribution in [1.82, 2.24) is 19.8 Å². The van der Waals surface area contributed by atoms with E-state index in [1.54, 1.807) is 12.1 Å². The molecule has 0 spiro atoms. The van der Waals surface area contributed by atoms with Crippen LogP contribution in [0.5, 0.6) is 0 Å². The van der Waals surface area contributed by atoms with Crippen LogP contribution in [0.4, 0.5) is 10.3 Å². The van der Waals surface area contributed by atoms with E-state index in [1.165, 1.54) is 5.56 Å². The minimum atomic E-state index is -0.177. The van der Waals surface area contributed by atoms with Gasteiger partial charge in [-0.05, 0) is 36.5 Å². The standard InChI is InChI=1S/C20H29FN6/c1-22-19(23-12-18-13-24-20(25(2)3)26(18)4)27-10-9-16(14-27)11-15-5-7-17(21)8-6-15/h5-8,13,16H,9-12,14H2,1-4H3,(H,22,23). The lowest BCUT2D eigenvalue weighted by atomic mass is 9.99. The third kappa shape index (κ3) is 4.59. The monoisotopic (exact) mass is 372 g/mol. The number of hydrogen-bond acceptors (Lipinski definition) is 3. The number of hydrogen-bond donors (Lipinski definition) is 1. The maximum absolute atomic E-state index is 13.1. The van der Waals surface area contributed by atoms with Crippen LogP contribution in [0.25, 0.3) is 0 Å². The van der Waals surface area contributed by atoms with E-state index in [0.29, 0.717) is 12.5 Å². The number of aliphatic imine (C=N–C) groups is 1. The quantitative estimate of drug-likeness (QED) is 0.646. The molecule has 0 bridgehead atoms. The first kappa shape index (κ1) is 19.2. The fourth-order valence-corrected chi connectivity index (χ4v) is 3.66. The fourth-order valence-electron chi connectivity index (χ4n) is 3.66. The average Bonchev–Trinajstić information content (AvgIpc) is 3.25. The van der Waals surface area contributed by atoms with Crippen LogP contribution in [0.3, 0.4) is 0 Å². The Hall–Kier alpha value is -2.57. The second-order valence-corrected chi connectivity index (χ2v) is 7.34. The molecule has 3 rings (SSSR count). The summed E-state index contributed by atoms with van der Waals surface area (Å²) in [6.45, 7) is 2.63. The van der Waals surface area contributed by atoms with Gasteiger partial charge in [0.05, 0.1) is 18.4 Å². The highest BCUT2D eigenvalue weighted by atomic mass is 19.1. The topological polar surface area (TPSA) is 48.7 Å². The first-order valence-corrected chi connectivity index (χ1v) is 9.36. The molecule has 1 aromatic carbocycles. The third-order valence-corrected chi connectivity index (χ3v) is 5.12. The molecule has 2 aromatic rings. The zero-order valence-electron chi connectivity index (χ0n) is 16.6. The summed E-state index contributed by atoms with van der Waals surface area (Å²) in [5, 5.41) is 3.46. The van der Waals surface area contributed by atoms with Crippen LogP contribution < -0.4 is 10.2 Å². The molecular formula is C20H29FN6. The Labute approximate surface area is 160 Å². The van der Waals surface area contributed by atoms with E-state index < -0.39 is 0 Å². The molecule has 1 aliphatic heterocycles. The molecule has 0 saturated carbocycles. The van der Waals surface area contributed by atoms with Gasteiger partial charge in [-0.2, -0.15) is 0 Å². The molecule has 1 aromatic heterocycles. The van der Waals surface area contributed by atoms with Crippen molar-refractivity contribution in [3.8, 4) is 0 Å². The summed E-state index contributed by atoms with van der Waals surface area (Å²) < 4.78 is 15.2. The van der Waals surface area contributed by atoms with Crippen molar-refractivity contribution in [2.75, 3.05) is 39.1 Å². The predicted octanol–water partition coefficient (Wildman–Crippen LogP) is 2.27. The molecule has 27 heavy (non-hydrogen) atoms. The van der Waals surface area contributed by atoms with Gasteiger partial charge >= 0.3 is 0 Å². The Balaban J connectivity index is 1.55. The van der Waals surface area contributed by atoms with Crippen molar-refractivity contribution in [1.29, 1.82) is 0 Å². The van der Waals surface area contributed by atoms with E-state index >= 15 is 0 Å². The Bertz CT molecular complexity index is 780. The molecule has 1 aliphatic rings. The number of nitrogens with zero attached hydrogens (tertiary/aromatic N) is 5. The first-order chi connectivity index (χ1) is 13.0. The average molecular weight is 372 g/mol. The molecular weight excluding hydrogens is 343 g/mol. The Morgan fingerprint density at radius 3 is 2.70 bits per heavy atom. The van der Waals surface area contributed by atoms with Gasteiger partial charge in [-0.25, -0.2) is 9.37 Å². The molecule has 0 radical (unpaired) electrons. The van der Waals surface area contributed by atoms with E-state index in [2.05, 4.69) is 24.8 Å². The van der Waals surface area contributed by atoms with Crippen LogP contribution in [0.2, 0.25) is 0 Å². The van der Waals surface area contributed by atoms with Gasteiger partial charge in [0, 0.05) is 41.3 Å². The molecule has 0 amide bonds. The predicted molar refractivity (Wildman–Crippen MR) is 108 cm³/mol. The summed E-state index contributed by atoms with van der Waals surface area (Å²) in [6, 6.07) is 6.85. The smallest absolute Gasteiger partial charge is 0.204 e. The summed E-state index contributed by atoms with van der Waals surface area (Å²) in [5.74, 6) is 2.24. The minimum absolute atomic E-state index is 0.177.